The molecule has 0 aromatic carbocycles. The molecule has 0 unspecified atom stereocenters. The van der Waals surface area contributed by atoms with Crippen LogP contribution in [0.1, 0.15) is 26.2 Å². The van der Waals surface area contributed by atoms with Gasteiger partial charge in [0.2, 0.25) is 0 Å². The van der Waals surface area contributed by atoms with E-state index < -0.39 is 0 Å². The predicted molar refractivity (Wildman–Crippen MR) is 31.7 cm³/mol. The van der Waals surface area contributed by atoms with Crippen molar-refractivity contribution in [3.63, 3.8) is 0 Å². The molecule has 2 rings (SSSR count). The van der Waals surface area contributed by atoms with Gasteiger partial charge in [-0.05, 0) is 32.1 Å². The van der Waals surface area contributed by atoms with Gasteiger partial charge < -0.3 is 4.74 Å². The van der Waals surface area contributed by atoms with E-state index in [0.29, 0.717) is 5.60 Å². The first-order valence-corrected chi connectivity index (χ1v) is 3.42. The van der Waals surface area contributed by atoms with Crippen molar-refractivity contribution >= 4 is 0 Å². The van der Waals surface area contributed by atoms with Crippen molar-refractivity contribution in [2.75, 3.05) is 6.61 Å². The van der Waals surface area contributed by atoms with Crippen molar-refractivity contribution in [1.82, 2.24) is 0 Å². The van der Waals surface area contributed by atoms with Crippen molar-refractivity contribution in [3.05, 3.63) is 0 Å². The van der Waals surface area contributed by atoms with E-state index >= 15 is 0 Å². The Balaban J connectivity index is 2.19. The Morgan fingerprint density at radius 1 is 1.62 bits per heavy atom. The summed E-state index contributed by atoms with van der Waals surface area (Å²) in [6.45, 7) is 3.27. The number of hydrogen-bond donors (Lipinski definition) is 0. The van der Waals surface area contributed by atoms with E-state index in [1.165, 1.54) is 19.3 Å². The zero-order valence-corrected chi connectivity index (χ0v) is 5.31. The minimum atomic E-state index is 0.310. The molecule has 1 saturated heterocycles. The summed E-state index contributed by atoms with van der Waals surface area (Å²) in [5.41, 5.74) is 0.310. The summed E-state index contributed by atoms with van der Waals surface area (Å²) < 4.78 is 5.54. The van der Waals surface area contributed by atoms with E-state index in [9.17, 15) is 0 Å². The first-order valence-electron chi connectivity index (χ1n) is 3.42. The molecule has 0 N–H and O–H groups in total. The van der Waals surface area contributed by atoms with Crippen molar-refractivity contribution < 1.29 is 4.74 Å². The van der Waals surface area contributed by atoms with Crippen molar-refractivity contribution in [3.8, 4) is 0 Å². The number of ether oxygens (including phenoxy) is 1. The lowest BCUT2D eigenvalue weighted by Crippen LogP contribution is -2.20. The fourth-order valence-corrected chi connectivity index (χ4v) is 1.92. The molecule has 0 aromatic heterocycles. The van der Waals surface area contributed by atoms with Crippen molar-refractivity contribution in [2.45, 2.75) is 31.8 Å². The minimum Gasteiger partial charge on any atom is -0.375 e. The van der Waals surface area contributed by atoms with Gasteiger partial charge in [0.1, 0.15) is 0 Å². The van der Waals surface area contributed by atoms with Gasteiger partial charge in [-0.3, -0.25) is 0 Å². The minimum absolute atomic E-state index is 0.310. The van der Waals surface area contributed by atoms with Gasteiger partial charge >= 0.3 is 0 Å². The normalized spacial score (nSPS) is 52.9. The highest BCUT2D eigenvalue weighted by Gasteiger charge is 2.42. The monoisotopic (exact) mass is 112 g/mol. The second kappa shape index (κ2) is 1.27. The molecule has 1 aliphatic carbocycles. The molecule has 0 amide bonds. The van der Waals surface area contributed by atoms with E-state index in [2.05, 4.69) is 6.92 Å². The van der Waals surface area contributed by atoms with Crippen LogP contribution in [0.25, 0.3) is 0 Å². The van der Waals surface area contributed by atoms with Crippen LogP contribution in [0.4, 0.5) is 0 Å². The summed E-state index contributed by atoms with van der Waals surface area (Å²) in [5, 5.41) is 0. The lowest BCUT2D eigenvalue weighted by Gasteiger charge is -2.20. The molecule has 1 saturated carbocycles. The fraction of sp³-hybridized carbons (Fsp3) is 1.00. The standard InChI is InChI=1S/C7H12O/c1-7-3-2-6(4-7)5-8-7/h6H,2-5H2,1H3/t6-,7-/m1/s1. The smallest absolute Gasteiger partial charge is 0.0658 e. The van der Waals surface area contributed by atoms with E-state index in [0.717, 1.165) is 12.5 Å². The highest BCUT2D eigenvalue weighted by molar-refractivity contribution is 4.92. The summed E-state index contributed by atoms with van der Waals surface area (Å²) in [7, 11) is 0. The highest BCUT2D eigenvalue weighted by atomic mass is 16.5. The van der Waals surface area contributed by atoms with Gasteiger partial charge in [0.15, 0.2) is 0 Å². The maximum Gasteiger partial charge on any atom is 0.0658 e. The van der Waals surface area contributed by atoms with Gasteiger partial charge in [-0.2, -0.15) is 0 Å². The third kappa shape index (κ3) is 0.510. The molecule has 1 nitrogen and oxygen atoms in total. The first kappa shape index (κ1) is 4.80. The Morgan fingerprint density at radius 2 is 2.50 bits per heavy atom. The van der Waals surface area contributed by atoms with Crippen LogP contribution in [0.3, 0.4) is 0 Å². The van der Waals surface area contributed by atoms with Crippen LogP contribution in [-0.2, 0) is 4.74 Å². The maximum atomic E-state index is 5.54. The number of rotatable bonds is 0. The summed E-state index contributed by atoms with van der Waals surface area (Å²) in [6, 6.07) is 0. The van der Waals surface area contributed by atoms with Gasteiger partial charge in [-0.1, -0.05) is 0 Å². The van der Waals surface area contributed by atoms with Crippen molar-refractivity contribution in [2.24, 2.45) is 5.92 Å². The highest BCUT2D eigenvalue weighted by Crippen LogP contribution is 2.43. The number of hydrogen-bond acceptors (Lipinski definition) is 1. The predicted octanol–water partition coefficient (Wildman–Crippen LogP) is 1.58. The molecule has 8 heavy (non-hydrogen) atoms. The van der Waals surface area contributed by atoms with E-state index in [1.54, 1.807) is 0 Å². The summed E-state index contributed by atoms with van der Waals surface area (Å²) >= 11 is 0. The Labute approximate surface area is 50.0 Å². The van der Waals surface area contributed by atoms with E-state index in [4.69, 9.17) is 4.74 Å². The summed E-state index contributed by atoms with van der Waals surface area (Å²) in [4.78, 5) is 0. The molecular weight excluding hydrogens is 100 g/mol. The Bertz CT molecular complexity index is 101. The lowest BCUT2D eigenvalue weighted by molar-refractivity contribution is -0.00208. The molecule has 46 valence electrons. The average Bonchev–Trinajstić information content (AvgIpc) is 2.21. The molecule has 0 radical (unpaired) electrons. The second-order valence-corrected chi connectivity index (χ2v) is 3.37. The molecule has 2 atom stereocenters. The maximum absolute atomic E-state index is 5.54. The molecule has 0 spiro atoms. The van der Waals surface area contributed by atoms with Gasteiger partial charge in [-0.25, -0.2) is 0 Å². The number of fused-ring (bicyclic) bond motifs is 2. The van der Waals surface area contributed by atoms with Gasteiger partial charge in [0.05, 0.1) is 12.2 Å². The van der Waals surface area contributed by atoms with Crippen LogP contribution >= 0.6 is 0 Å². The van der Waals surface area contributed by atoms with Crippen LogP contribution < -0.4 is 0 Å². The SMILES string of the molecule is C[C@]12CC[C@@H](CO1)C2. The Morgan fingerprint density at radius 3 is 2.62 bits per heavy atom. The Hall–Kier alpha value is -0.0400. The molecule has 1 aliphatic heterocycles. The van der Waals surface area contributed by atoms with Gasteiger partial charge in [0.25, 0.3) is 0 Å². The van der Waals surface area contributed by atoms with Gasteiger partial charge in [-0.15, -0.1) is 0 Å². The van der Waals surface area contributed by atoms with Crippen molar-refractivity contribution in [1.29, 1.82) is 0 Å². The molecule has 0 aromatic rings. The fourth-order valence-electron chi connectivity index (χ4n) is 1.92. The third-order valence-electron chi connectivity index (χ3n) is 2.47. The Kier molecular flexibility index (Phi) is 0.762. The first-order chi connectivity index (χ1) is 3.79. The molecule has 1 heterocycles. The van der Waals surface area contributed by atoms with Crippen LogP contribution in [-0.4, -0.2) is 12.2 Å². The quantitative estimate of drug-likeness (QED) is 0.462. The summed E-state index contributed by atoms with van der Waals surface area (Å²) in [6.07, 6.45) is 4.04. The largest absolute Gasteiger partial charge is 0.375 e. The zero-order chi connectivity index (χ0) is 5.61. The van der Waals surface area contributed by atoms with Gasteiger partial charge in [0, 0.05) is 0 Å². The molecule has 1 heteroatoms. The van der Waals surface area contributed by atoms with Crippen LogP contribution in [0.2, 0.25) is 0 Å². The lowest BCUT2D eigenvalue weighted by atomic mass is 10.1. The topological polar surface area (TPSA) is 9.23 Å². The average molecular weight is 112 g/mol. The zero-order valence-electron chi connectivity index (χ0n) is 5.31. The molecule has 2 bridgehead atoms. The van der Waals surface area contributed by atoms with Crippen LogP contribution in [0.5, 0.6) is 0 Å². The molecule has 2 aliphatic rings. The molecule has 2 fully saturated rings. The third-order valence-corrected chi connectivity index (χ3v) is 2.47. The van der Waals surface area contributed by atoms with Crippen LogP contribution in [0, 0.1) is 5.92 Å². The summed E-state index contributed by atoms with van der Waals surface area (Å²) in [5.74, 6) is 0.917. The van der Waals surface area contributed by atoms with E-state index in [-0.39, 0.29) is 0 Å². The second-order valence-electron chi connectivity index (χ2n) is 3.37. The van der Waals surface area contributed by atoms with E-state index in [1.807, 2.05) is 0 Å². The molecular formula is C7H12O. The van der Waals surface area contributed by atoms with Crippen LogP contribution in [0.15, 0.2) is 0 Å².